The van der Waals surface area contributed by atoms with Crippen LogP contribution in [0.2, 0.25) is 0 Å². The number of halogens is 2. The van der Waals surface area contributed by atoms with E-state index in [1.54, 1.807) is 0 Å². The van der Waals surface area contributed by atoms with E-state index in [4.69, 9.17) is 18.9 Å². The molecule has 2 fully saturated rings. The fourth-order valence-corrected chi connectivity index (χ4v) is 3.07. The molecule has 6 heteroatoms. The number of unbranched alkanes of at least 4 members (excludes halogenated alkanes) is 1. The summed E-state index contributed by atoms with van der Waals surface area (Å²) in [6.45, 7) is 5.84. The summed E-state index contributed by atoms with van der Waals surface area (Å²) < 4.78 is 49.3. The molecular formula is C19H24F2O4. The summed E-state index contributed by atoms with van der Waals surface area (Å²) in [4.78, 5) is 0. The molecule has 0 atom stereocenters. The van der Waals surface area contributed by atoms with E-state index < -0.39 is 17.9 Å². The summed E-state index contributed by atoms with van der Waals surface area (Å²) in [5.41, 5.74) is 0.463. The Labute approximate surface area is 146 Å². The van der Waals surface area contributed by atoms with Crippen LogP contribution in [0.3, 0.4) is 0 Å². The highest BCUT2D eigenvalue weighted by Gasteiger charge is 2.34. The number of allylic oxidation sites excluding steroid dienone is 1. The van der Waals surface area contributed by atoms with E-state index in [2.05, 4.69) is 6.58 Å². The number of hydrogen-bond donors (Lipinski definition) is 0. The van der Waals surface area contributed by atoms with Crippen LogP contribution in [0.25, 0.3) is 0 Å². The Morgan fingerprint density at radius 1 is 1.00 bits per heavy atom. The minimum atomic E-state index is -0.909. The van der Waals surface area contributed by atoms with E-state index in [-0.39, 0.29) is 12.2 Å². The molecule has 4 nitrogen and oxygen atoms in total. The van der Waals surface area contributed by atoms with Crippen molar-refractivity contribution in [3.8, 4) is 0 Å². The molecule has 2 heterocycles. The first-order chi connectivity index (χ1) is 12.2. The lowest BCUT2D eigenvalue weighted by Gasteiger charge is -2.37. The van der Waals surface area contributed by atoms with Gasteiger partial charge in [0.1, 0.15) is 0 Å². The molecule has 0 spiro atoms. The molecule has 0 aliphatic carbocycles. The summed E-state index contributed by atoms with van der Waals surface area (Å²) in [6, 6.07) is 3.63. The molecule has 0 N–H and O–H groups in total. The Hall–Kier alpha value is -1.34. The fraction of sp³-hybridized carbons (Fsp3) is 0.579. The standard InChI is InChI=1S/C19H24F2O4/c1-2-3-4-5-13-9-22-19(23-10-13)15-11-24-18(25-12-15)14-6-7-16(20)17(21)8-14/h2,6-8,13,15,18-19H,1,3-5,9-12H2/t13-,15-,18-,19-. The second kappa shape index (κ2) is 8.85. The molecule has 0 saturated carbocycles. The third kappa shape index (κ3) is 4.85. The lowest BCUT2D eigenvalue weighted by molar-refractivity contribution is -0.283. The highest BCUT2D eigenvalue weighted by atomic mass is 19.2. The van der Waals surface area contributed by atoms with Gasteiger partial charge >= 0.3 is 0 Å². The summed E-state index contributed by atoms with van der Waals surface area (Å²) in [6.07, 6.45) is 4.05. The van der Waals surface area contributed by atoms with Gasteiger partial charge in [0.05, 0.1) is 32.3 Å². The number of ether oxygens (including phenoxy) is 4. The predicted molar refractivity (Wildman–Crippen MR) is 87.7 cm³/mol. The Morgan fingerprint density at radius 2 is 1.72 bits per heavy atom. The lowest BCUT2D eigenvalue weighted by Crippen LogP contribution is -2.43. The molecule has 0 bridgehead atoms. The van der Waals surface area contributed by atoms with Crippen molar-refractivity contribution >= 4 is 0 Å². The van der Waals surface area contributed by atoms with Crippen LogP contribution in [-0.4, -0.2) is 32.7 Å². The van der Waals surface area contributed by atoms with Gasteiger partial charge in [-0.3, -0.25) is 0 Å². The molecular weight excluding hydrogens is 330 g/mol. The second-order valence-electron chi connectivity index (χ2n) is 6.55. The normalized spacial score (nSPS) is 30.2. The van der Waals surface area contributed by atoms with Gasteiger partial charge in [0.15, 0.2) is 24.2 Å². The fourth-order valence-electron chi connectivity index (χ4n) is 3.07. The second-order valence-corrected chi connectivity index (χ2v) is 6.55. The molecule has 0 amide bonds. The van der Waals surface area contributed by atoms with E-state index in [0.29, 0.717) is 37.9 Å². The van der Waals surface area contributed by atoms with Crippen molar-refractivity contribution in [3.05, 3.63) is 48.1 Å². The number of rotatable bonds is 6. The molecule has 0 radical (unpaired) electrons. The van der Waals surface area contributed by atoms with Crippen LogP contribution in [-0.2, 0) is 18.9 Å². The summed E-state index contributed by atoms with van der Waals surface area (Å²) in [7, 11) is 0. The van der Waals surface area contributed by atoms with Crippen LogP contribution in [0, 0.1) is 23.5 Å². The minimum Gasteiger partial charge on any atom is -0.352 e. The van der Waals surface area contributed by atoms with Gasteiger partial charge in [-0.2, -0.15) is 0 Å². The van der Waals surface area contributed by atoms with Crippen molar-refractivity contribution in [2.45, 2.75) is 31.8 Å². The minimum absolute atomic E-state index is 0.0318. The molecule has 3 rings (SSSR count). The van der Waals surface area contributed by atoms with E-state index >= 15 is 0 Å². The van der Waals surface area contributed by atoms with Crippen LogP contribution >= 0.6 is 0 Å². The van der Waals surface area contributed by atoms with E-state index in [1.165, 1.54) is 6.07 Å². The van der Waals surface area contributed by atoms with Crippen LogP contribution < -0.4 is 0 Å². The van der Waals surface area contributed by atoms with Crippen molar-refractivity contribution in [2.24, 2.45) is 11.8 Å². The van der Waals surface area contributed by atoms with Gasteiger partial charge in [0.25, 0.3) is 0 Å². The maximum Gasteiger partial charge on any atom is 0.183 e. The third-order valence-corrected chi connectivity index (χ3v) is 4.54. The average Bonchev–Trinajstić information content (AvgIpc) is 2.65. The summed E-state index contributed by atoms with van der Waals surface area (Å²) >= 11 is 0. The van der Waals surface area contributed by atoms with Crippen LogP contribution in [0.15, 0.2) is 30.9 Å². The van der Waals surface area contributed by atoms with Gasteiger partial charge in [0, 0.05) is 11.5 Å². The molecule has 2 saturated heterocycles. The van der Waals surface area contributed by atoms with E-state index in [0.717, 1.165) is 31.4 Å². The zero-order chi connectivity index (χ0) is 17.6. The molecule has 0 aromatic heterocycles. The average molecular weight is 354 g/mol. The first-order valence-corrected chi connectivity index (χ1v) is 8.69. The number of hydrogen-bond acceptors (Lipinski definition) is 4. The molecule has 2 aliphatic rings. The highest BCUT2D eigenvalue weighted by Crippen LogP contribution is 2.30. The van der Waals surface area contributed by atoms with Gasteiger partial charge in [-0.05, 0) is 31.4 Å². The summed E-state index contributed by atoms with van der Waals surface area (Å²) in [5.74, 6) is -1.41. The van der Waals surface area contributed by atoms with E-state index in [9.17, 15) is 8.78 Å². The molecule has 25 heavy (non-hydrogen) atoms. The van der Waals surface area contributed by atoms with Gasteiger partial charge in [-0.1, -0.05) is 12.1 Å². The van der Waals surface area contributed by atoms with Crippen molar-refractivity contribution in [2.75, 3.05) is 26.4 Å². The van der Waals surface area contributed by atoms with Crippen LogP contribution in [0.4, 0.5) is 8.78 Å². The van der Waals surface area contributed by atoms with Gasteiger partial charge in [0.2, 0.25) is 0 Å². The van der Waals surface area contributed by atoms with Crippen molar-refractivity contribution in [1.29, 1.82) is 0 Å². The Balaban J connectivity index is 1.43. The quantitative estimate of drug-likeness (QED) is 0.572. The topological polar surface area (TPSA) is 36.9 Å². The first kappa shape index (κ1) is 18.5. The van der Waals surface area contributed by atoms with Crippen molar-refractivity contribution in [3.63, 3.8) is 0 Å². The molecule has 1 aromatic rings. The van der Waals surface area contributed by atoms with Crippen LogP contribution in [0.5, 0.6) is 0 Å². The van der Waals surface area contributed by atoms with Crippen molar-refractivity contribution < 1.29 is 27.7 Å². The Morgan fingerprint density at radius 3 is 2.36 bits per heavy atom. The Kier molecular flexibility index (Phi) is 6.53. The van der Waals surface area contributed by atoms with Crippen LogP contribution in [0.1, 0.15) is 31.1 Å². The van der Waals surface area contributed by atoms with Crippen molar-refractivity contribution in [1.82, 2.24) is 0 Å². The lowest BCUT2D eigenvalue weighted by atomic mass is 10.0. The van der Waals surface area contributed by atoms with Gasteiger partial charge < -0.3 is 18.9 Å². The zero-order valence-electron chi connectivity index (χ0n) is 14.2. The summed E-state index contributed by atoms with van der Waals surface area (Å²) in [5, 5.41) is 0. The smallest absolute Gasteiger partial charge is 0.183 e. The predicted octanol–water partition coefficient (Wildman–Crippen LogP) is 3.97. The number of benzene rings is 1. The SMILES string of the molecule is C=CCCC[C@H]1CO[C@H]([C@H]2CO[C@H](c3ccc(F)c(F)c3)OC2)OC1. The first-order valence-electron chi connectivity index (χ1n) is 8.69. The van der Waals surface area contributed by atoms with E-state index in [1.807, 2.05) is 6.08 Å². The maximum absolute atomic E-state index is 13.3. The molecule has 138 valence electrons. The Bertz CT molecular complexity index is 565. The highest BCUT2D eigenvalue weighted by molar-refractivity contribution is 5.19. The van der Waals surface area contributed by atoms with Gasteiger partial charge in [-0.25, -0.2) is 8.78 Å². The molecule has 0 unspecified atom stereocenters. The van der Waals surface area contributed by atoms with Gasteiger partial charge in [-0.15, -0.1) is 6.58 Å². The monoisotopic (exact) mass is 354 g/mol. The molecule has 1 aromatic carbocycles. The maximum atomic E-state index is 13.3. The molecule has 2 aliphatic heterocycles. The zero-order valence-corrected chi connectivity index (χ0v) is 14.2. The third-order valence-electron chi connectivity index (χ3n) is 4.54. The largest absolute Gasteiger partial charge is 0.352 e.